The zero-order valence-electron chi connectivity index (χ0n) is 15.3. The molecule has 0 saturated heterocycles. The van der Waals surface area contributed by atoms with E-state index in [9.17, 15) is 14.4 Å². The van der Waals surface area contributed by atoms with Crippen molar-refractivity contribution < 1.29 is 9.53 Å². The molecule has 142 valence electrons. The number of amides is 1. The molecule has 9 heteroatoms. The molecule has 3 rings (SSSR count). The van der Waals surface area contributed by atoms with Crippen molar-refractivity contribution in [3.05, 3.63) is 50.5 Å². The average molecular weight is 388 g/mol. The number of carbonyl (C=O) groups excluding carboxylic acids is 1. The van der Waals surface area contributed by atoms with E-state index in [1.807, 2.05) is 13.8 Å². The predicted molar refractivity (Wildman–Crippen MR) is 105 cm³/mol. The molecule has 1 amide bonds. The number of benzene rings is 1. The van der Waals surface area contributed by atoms with Crippen LogP contribution in [0.1, 0.15) is 13.8 Å². The van der Waals surface area contributed by atoms with E-state index in [2.05, 4.69) is 9.69 Å². The molecule has 0 bridgehead atoms. The van der Waals surface area contributed by atoms with Crippen molar-refractivity contribution in [3.63, 3.8) is 0 Å². The van der Waals surface area contributed by atoms with E-state index in [0.29, 0.717) is 17.0 Å². The van der Waals surface area contributed by atoms with E-state index in [-0.39, 0.29) is 30.4 Å². The fourth-order valence-electron chi connectivity index (χ4n) is 2.73. The summed E-state index contributed by atoms with van der Waals surface area (Å²) >= 11 is 1.08. The van der Waals surface area contributed by atoms with Crippen molar-refractivity contribution in [2.75, 3.05) is 12.4 Å². The zero-order chi connectivity index (χ0) is 19.6. The lowest BCUT2D eigenvalue weighted by molar-refractivity contribution is -0.116. The van der Waals surface area contributed by atoms with Gasteiger partial charge in [0.25, 0.3) is 5.56 Å². The molecule has 0 unspecified atom stereocenters. The number of carbonyl (C=O) groups is 1. The summed E-state index contributed by atoms with van der Waals surface area (Å²) in [6.45, 7) is 3.89. The van der Waals surface area contributed by atoms with Gasteiger partial charge < -0.3 is 10.1 Å². The lowest BCUT2D eigenvalue weighted by Gasteiger charge is -2.13. The molecule has 3 aromatic rings. The third-order valence-corrected chi connectivity index (χ3v) is 4.59. The van der Waals surface area contributed by atoms with Crippen LogP contribution in [-0.2, 0) is 17.9 Å². The van der Waals surface area contributed by atoms with Crippen LogP contribution in [0.15, 0.2) is 39.2 Å². The highest BCUT2D eigenvalue weighted by Crippen LogP contribution is 2.15. The molecule has 0 radical (unpaired) electrons. The number of ether oxygens (including phenoxy) is 1. The fraction of sp³-hybridized carbons (Fsp3) is 0.333. The first-order chi connectivity index (χ1) is 12.9. The first-order valence-electron chi connectivity index (χ1n) is 8.42. The molecule has 1 aromatic carbocycles. The third kappa shape index (κ3) is 3.92. The lowest BCUT2D eigenvalue weighted by atomic mass is 10.2. The monoisotopic (exact) mass is 388 g/mol. The second-order valence-corrected chi connectivity index (χ2v) is 7.13. The van der Waals surface area contributed by atoms with E-state index >= 15 is 0 Å². The SMILES string of the molecule is COc1ccc(NC(=O)Cn2c(=O)n(CC(C)C)c(=O)c3nscc32)cc1. The summed E-state index contributed by atoms with van der Waals surface area (Å²) in [5.41, 5.74) is 0.240. The smallest absolute Gasteiger partial charge is 0.332 e. The van der Waals surface area contributed by atoms with Gasteiger partial charge in [-0.05, 0) is 41.7 Å². The molecule has 1 N–H and O–H groups in total. The van der Waals surface area contributed by atoms with Crippen molar-refractivity contribution in [2.45, 2.75) is 26.9 Å². The number of nitrogens with one attached hydrogen (secondary N) is 1. The van der Waals surface area contributed by atoms with Crippen LogP contribution in [-0.4, -0.2) is 26.5 Å². The second-order valence-electron chi connectivity index (χ2n) is 6.50. The van der Waals surface area contributed by atoms with Gasteiger partial charge in [-0.3, -0.25) is 18.7 Å². The molecular formula is C18H20N4O4S. The Kier molecular flexibility index (Phi) is 5.41. The van der Waals surface area contributed by atoms with E-state index < -0.39 is 11.2 Å². The Hall–Kier alpha value is -2.94. The van der Waals surface area contributed by atoms with Gasteiger partial charge >= 0.3 is 5.69 Å². The highest BCUT2D eigenvalue weighted by Gasteiger charge is 2.18. The normalized spacial score (nSPS) is 11.1. The maximum Gasteiger partial charge on any atom is 0.332 e. The van der Waals surface area contributed by atoms with Crippen LogP contribution in [0, 0.1) is 5.92 Å². The van der Waals surface area contributed by atoms with Gasteiger partial charge in [-0.15, -0.1) is 0 Å². The molecule has 0 spiro atoms. The van der Waals surface area contributed by atoms with Gasteiger partial charge in [-0.2, -0.15) is 4.37 Å². The summed E-state index contributed by atoms with van der Waals surface area (Å²) in [5, 5.41) is 4.35. The number of hydrogen-bond acceptors (Lipinski definition) is 6. The molecule has 0 saturated carbocycles. The topological polar surface area (TPSA) is 95.2 Å². The third-order valence-electron chi connectivity index (χ3n) is 3.97. The molecule has 0 aliphatic rings. The van der Waals surface area contributed by atoms with Gasteiger partial charge in [0.2, 0.25) is 5.91 Å². The van der Waals surface area contributed by atoms with Crippen molar-refractivity contribution in [2.24, 2.45) is 5.92 Å². The van der Waals surface area contributed by atoms with Gasteiger partial charge in [-0.1, -0.05) is 13.8 Å². The molecule has 0 aliphatic carbocycles. The molecule has 0 fully saturated rings. The van der Waals surface area contributed by atoms with Crippen LogP contribution in [0.5, 0.6) is 5.75 Å². The first kappa shape index (κ1) is 18.8. The van der Waals surface area contributed by atoms with Gasteiger partial charge in [0.05, 0.1) is 12.6 Å². The summed E-state index contributed by atoms with van der Waals surface area (Å²) in [6.07, 6.45) is 0. The maximum atomic E-state index is 12.8. The lowest BCUT2D eigenvalue weighted by Crippen LogP contribution is -2.42. The van der Waals surface area contributed by atoms with Crippen LogP contribution < -0.4 is 21.3 Å². The molecule has 27 heavy (non-hydrogen) atoms. The number of aromatic nitrogens is 3. The standard InChI is InChI=1S/C18H20N4O4S/c1-11(2)8-22-17(24)16-14(10-27-20-16)21(18(22)25)9-15(23)19-12-4-6-13(26-3)7-5-12/h4-7,10-11H,8-9H2,1-3H3,(H,19,23). The average Bonchev–Trinajstić information content (AvgIpc) is 3.12. The largest absolute Gasteiger partial charge is 0.497 e. The highest BCUT2D eigenvalue weighted by atomic mass is 32.1. The van der Waals surface area contributed by atoms with Crippen LogP contribution in [0.3, 0.4) is 0 Å². The summed E-state index contributed by atoms with van der Waals surface area (Å²) in [6, 6.07) is 6.87. The Labute approximate surface area is 159 Å². The number of rotatable bonds is 6. The molecule has 2 aromatic heterocycles. The number of nitrogens with zero attached hydrogens (tertiary/aromatic N) is 3. The highest BCUT2D eigenvalue weighted by molar-refractivity contribution is 7.04. The maximum absolute atomic E-state index is 12.8. The van der Waals surface area contributed by atoms with Crippen molar-refractivity contribution in [1.29, 1.82) is 0 Å². The van der Waals surface area contributed by atoms with Crippen LogP contribution in [0.4, 0.5) is 5.69 Å². The summed E-state index contributed by atoms with van der Waals surface area (Å²) in [5.74, 6) is 0.411. The molecule has 8 nitrogen and oxygen atoms in total. The number of hydrogen-bond donors (Lipinski definition) is 1. The van der Waals surface area contributed by atoms with Crippen molar-refractivity contribution >= 4 is 34.2 Å². The minimum absolute atomic E-state index is 0.105. The van der Waals surface area contributed by atoms with E-state index in [0.717, 1.165) is 16.1 Å². The Morgan fingerprint density at radius 1 is 1.22 bits per heavy atom. The minimum Gasteiger partial charge on any atom is -0.497 e. The van der Waals surface area contributed by atoms with Crippen molar-refractivity contribution in [3.8, 4) is 5.75 Å². The molecule has 2 heterocycles. The molecule has 0 aliphatic heterocycles. The van der Waals surface area contributed by atoms with E-state index in [4.69, 9.17) is 4.74 Å². The number of anilines is 1. The van der Waals surface area contributed by atoms with Gasteiger partial charge in [0.1, 0.15) is 12.3 Å². The van der Waals surface area contributed by atoms with Crippen molar-refractivity contribution in [1.82, 2.24) is 13.5 Å². The minimum atomic E-state index is -0.508. The van der Waals surface area contributed by atoms with Crippen LogP contribution in [0.25, 0.3) is 11.0 Å². The van der Waals surface area contributed by atoms with Gasteiger partial charge in [0.15, 0.2) is 5.52 Å². The number of methoxy groups -OCH3 is 1. The quantitative estimate of drug-likeness (QED) is 0.696. The van der Waals surface area contributed by atoms with Gasteiger partial charge in [0, 0.05) is 17.6 Å². The number of fused-ring (bicyclic) bond motifs is 1. The Bertz CT molecular complexity index is 1080. The Morgan fingerprint density at radius 3 is 2.56 bits per heavy atom. The summed E-state index contributed by atoms with van der Waals surface area (Å²) in [7, 11) is 1.56. The fourth-order valence-corrected chi connectivity index (χ4v) is 3.40. The zero-order valence-corrected chi connectivity index (χ0v) is 16.1. The van der Waals surface area contributed by atoms with Crippen LogP contribution >= 0.6 is 11.5 Å². The molecular weight excluding hydrogens is 368 g/mol. The van der Waals surface area contributed by atoms with Gasteiger partial charge in [-0.25, -0.2) is 4.79 Å². The molecule has 0 atom stereocenters. The van der Waals surface area contributed by atoms with E-state index in [1.54, 1.807) is 36.8 Å². The Morgan fingerprint density at radius 2 is 1.93 bits per heavy atom. The summed E-state index contributed by atoms with van der Waals surface area (Å²) in [4.78, 5) is 37.8. The summed E-state index contributed by atoms with van der Waals surface area (Å²) < 4.78 is 11.6. The van der Waals surface area contributed by atoms with Crippen LogP contribution in [0.2, 0.25) is 0 Å². The second kappa shape index (κ2) is 7.75. The van der Waals surface area contributed by atoms with E-state index in [1.165, 1.54) is 4.57 Å². The first-order valence-corrected chi connectivity index (χ1v) is 9.26. The Balaban J connectivity index is 1.93. The predicted octanol–water partition coefficient (Wildman–Crippen LogP) is 1.92.